The summed E-state index contributed by atoms with van der Waals surface area (Å²) in [7, 11) is -3.05. The van der Waals surface area contributed by atoms with E-state index in [9.17, 15) is 18.0 Å². The summed E-state index contributed by atoms with van der Waals surface area (Å²) in [6.45, 7) is 3.41. The third kappa shape index (κ3) is 6.04. The lowest BCUT2D eigenvalue weighted by Gasteiger charge is -2.26. The molecule has 1 amide bonds. The van der Waals surface area contributed by atoms with Crippen molar-refractivity contribution in [1.29, 1.82) is 0 Å². The molecule has 110 valence electrons. The van der Waals surface area contributed by atoms with Gasteiger partial charge in [0.2, 0.25) is 5.91 Å². The predicted octanol–water partition coefficient (Wildman–Crippen LogP) is 0.571. The van der Waals surface area contributed by atoms with Crippen molar-refractivity contribution in [3.05, 3.63) is 0 Å². The van der Waals surface area contributed by atoms with E-state index < -0.39 is 21.2 Å². The number of carbonyl (C=O) groups excluding carboxylic acids is 1. The molecule has 19 heavy (non-hydrogen) atoms. The van der Waals surface area contributed by atoms with Crippen LogP contribution >= 0.6 is 0 Å². The van der Waals surface area contributed by atoms with E-state index in [0.717, 1.165) is 0 Å². The zero-order chi connectivity index (χ0) is 14.7. The normalized spacial score (nSPS) is 22.7. The van der Waals surface area contributed by atoms with Crippen molar-refractivity contribution in [2.45, 2.75) is 45.6 Å². The lowest BCUT2D eigenvalue weighted by molar-refractivity contribution is -0.139. The number of carbonyl (C=O) groups is 2. The molecule has 0 aliphatic carbocycles. The van der Waals surface area contributed by atoms with Crippen LogP contribution in [-0.2, 0) is 19.4 Å². The Balaban J connectivity index is 2.49. The molecule has 1 fully saturated rings. The van der Waals surface area contributed by atoms with Crippen LogP contribution in [-0.4, -0.2) is 42.9 Å². The average molecular weight is 291 g/mol. The van der Waals surface area contributed by atoms with Gasteiger partial charge in [0.25, 0.3) is 0 Å². The molecule has 1 rings (SSSR count). The third-order valence-electron chi connectivity index (χ3n) is 3.10. The Morgan fingerprint density at radius 1 is 1.32 bits per heavy atom. The summed E-state index contributed by atoms with van der Waals surface area (Å²) in [4.78, 5) is 22.5. The van der Waals surface area contributed by atoms with Gasteiger partial charge in [-0.05, 0) is 18.3 Å². The first-order valence-electron chi connectivity index (χ1n) is 6.31. The van der Waals surface area contributed by atoms with Crippen molar-refractivity contribution in [3.63, 3.8) is 0 Å². The second-order valence-corrected chi connectivity index (χ2v) is 8.16. The number of rotatable bonds is 5. The molecule has 0 aromatic rings. The minimum atomic E-state index is -3.05. The molecule has 6 nitrogen and oxygen atoms in total. The van der Waals surface area contributed by atoms with Crippen molar-refractivity contribution in [3.8, 4) is 0 Å². The summed E-state index contributed by atoms with van der Waals surface area (Å²) < 4.78 is 22.9. The standard InChI is InChI=1S/C12H21NO5S/c1-12(2,7-11(15)16)6-10(14)13-9-4-3-5-19(17,18)8-9/h9H,3-8H2,1-2H3,(H,13,14)(H,15,16). The fourth-order valence-electron chi connectivity index (χ4n) is 2.32. The zero-order valence-corrected chi connectivity index (χ0v) is 12.1. The topological polar surface area (TPSA) is 101 Å². The maximum absolute atomic E-state index is 11.8. The van der Waals surface area contributed by atoms with E-state index in [-0.39, 0.29) is 36.3 Å². The predicted molar refractivity (Wildman–Crippen MR) is 70.5 cm³/mol. The van der Waals surface area contributed by atoms with E-state index in [0.29, 0.717) is 12.8 Å². The number of amides is 1. The van der Waals surface area contributed by atoms with Crippen LogP contribution < -0.4 is 5.32 Å². The van der Waals surface area contributed by atoms with E-state index in [1.165, 1.54) is 0 Å². The Hall–Kier alpha value is -1.11. The Bertz CT molecular complexity index is 455. The minimum Gasteiger partial charge on any atom is -0.481 e. The van der Waals surface area contributed by atoms with Gasteiger partial charge >= 0.3 is 5.97 Å². The van der Waals surface area contributed by atoms with Crippen LogP contribution in [0.1, 0.15) is 39.5 Å². The second-order valence-electron chi connectivity index (χ2n) is 5.93. The number of nitrogens with one attached hydrogen (secondary N) is 1. The molecule has 1 aliphatic heterocycles. The molecule has 1 atom stereocenters. The van der Waals surface area contributed by atoms with Gasteiger partial charge in [0, 0.05) is 12.5 Å². The monoisotopic (exact) mass is 291 g/mol. The van der Waals surface area contributed by atoms with E-state index in [1.807, 2.05) is 0 Å². The fraction of sp³-hybridized carbons (Fsp3) is 0.833. The quantitative estimate of drug-likeness (QED) is 0.771. The largest absolute Gasteiger partial charge is 0.481 e. The van der Waals surface area contributed by atoms with Crippen molar-refractivity contribution in [2.75, 3.05) is 11.5 Å². The highest BCUT2D eigenvalue weighted by Gasteiger charge is 2.29. The molecule has 7 heteroatoms. The molecule has 1 unspecified atom stereocenters. The van der Waals surface area contributed by atoms with Gasteiger partial charge in [-0.25, -0.2) is 8.42 Å². The molecule has 0 aromatic heterocycles. The summed E-state index contributed by atoms with van der Waals surface area (Å²) in [6.07, 6.45) is 1.20. The molecule has 0 aromatic carbocycles. The summed E-state index contributed by atoms with van der Waals surface area (Å²) in [5.74, 6) is -1.06. The van der Waals surface area contributed by atoms with Crippen LogP contribution in [0.2, 0.25) is 0 Å². The van der Waals surface area contributed by atoms with Crippen molar-refractivity contribution < 1.29 is 23.1 Å². The van der Waals surface area contributed by atoms with E-state index in [4.69, 9.17) is 5.11 Å². The van der Waals surface area contributed by atoms with E-state index in [1.54, 1.807) is 13.8 Å². The molecule has 0 bridgehead atoms. The smallest absolute Gasteiger partial charge is 0.303 e. The number of hydrogen-bond donors (Lipinski definition) is 2. The summed E-state index contributed by atoms with van der Waals surface area (Å²) in [5, 5.41) is 11.4. The van der Waals surface area contributed by atoms with Gasteiger partial charge in [0.05, 0.1) is 17.9 Å². The second kappa shape index (κ2) is 5.90. The van der Waals surface area contributed by atoms with Crippen LogP contribution in [0.3, 0.4) is 0 Å². The average Bonchev–Trinajstić information content (AvgIpc) is 2.11. The minimum absolute atomic E-state index is 0.0158. The number of carboxylic acid groups (broad SMARTS) is 1. The molecule has 1 heterocycles. The van der Waals surface area contributed by atoms with Gasteiger partial charge in [-0.3, -0.25) is 9.59 Å². The van der Waals surface area contributed by atoms with Gasteiger partial charge in [-0.2, -0.15) is 0 Å². The van der Waals surface area contributed by atoms with Crippen molar-refractivity contribution in [1.82, 2.24) is 5.32 Å². The number of carboxylic acids is 1. The number of aliphatic carboxylic acids is 1. The van der Waals surface area contributed by atoms with Crippen molar-refractivity contribution >= 4 is 21.7 Å². The number of sulfone groups is 1. The molecule has 0 saturated carbocycles. The highest BCUT2D eigenvalue weighted by molar-refractivity contribution is 7.91. The molecular weight excluding hydrogens is 270 g/mol. The summed E-state index contributed by atoms with van der Waals surface area (Å²) >= 11 is 0. The van der Waals surface area contributed by atoms with Crippen LogP contribution in [0.15, 0.2) is 0 Å². The number of hydrogen-bond acceptors (Lipinski definition) is 4. The first kappa shape index (κ1) is 15.9. The van der Waals surface area contributed by atoms with Crippen LogP contribution in [0.4, 0.5) is 0 Å². The van der Waals surface area contributed by atoms with Gasteiger partial charge in [0.1, 0.15) is 0 Å². The van der Waals surface area contributed by atoms with Gasteiger partial charge in [-0.1, -0.05) is 13.8 Å². The Morgan fingerprint density at radius 3 is 2.47 bits per heavy atom. The maximum atomic E-state index is 11.8. The van der Waals surface area contributed by atoms with Gasteiger partial charge in [0.15, 0.2) is 9.84 Å². The molecular formula is C12H21NO5S. The maximum Gasteiger partial charge on any atom is 0.303 e. The van der Waals surface area contributed by atoms with Crippen molar-refractivity contribution in [2.24, 2.45) is 5.41 Å². The lowest BCUT2D eigenvalue weighted by atomic mass is 9.85. The lowest BCUT2D eigenvalue weighted by Crippen LogP contribution is -2.44. The van der Waals surface area contributed by atoms with Crippen LogP contribution in [0.25, 0.3) is 0 Å². The Morgan fingerprint density at radius 2 is 1.95 bits per heavy atom. The first-order valence-corrected chi connectivity index (χ1v) is 8.13. The summed E-state index contributed by atoms with van der Waals surface area (Å²) in [6, 6.07) is -0.341. The van der Waals surface area contributed by atoms with E-state index >= 15 is 0 Å². The van der Waals surface area contributed by atoms with E-state index in [2.05, 4.69) is 5.32 Å². The van der Waals surface area contributed by atoms with Crippen LogP contribution in [0, 0.1) is 5.41 Å². The Labute approximate surface area is 113 Å². The first-order chi connectivity index (χ1) is 8.60. The van der Waals surface area contributed by atoms with Gasteiger partial charge in [-0.15, -0.1) is 0 Å². The molecule has 1 aliphatic rings. The van der Waals surface area contributed by atoms with Gasteiger partial charge < -0.3 is 10.4 Å². The highest BCUT2D eigenvalue weighted by atomic mass is 32.2. The highest BCUT2D eigenvalue weighted by Crippen LogP contribution is 2.25. The van der Waals surface area contributed by atoms with Crippen LogP contribution in [0.5, 0.6) is 0 Å². The molecule has 2 N–H and O–H groups in total. The Kier molecular flexibility index (Phi) is 4.95. The molecule has 0 spiro atoms. The third-order valence-corrected chi connectivity index (χ3v) is 4.92. The fourth-order valence-corrected chi connectivity index (χ4v) is 3.96. The molecule has 1 saturated heterocycles. The molecule has 0 radical (unpaired) electrons. The summed E-state index contributed by atoms with van der Waals surface area (Å²) in [5.41, 5.74) is -0.635. The SMILES string of the molecule is CC(C)(CC(=O)O)CC(=O)NC1CCCS(=O)(=O)C1. The zero-order valence-electron chi connectivity index (χ0n) is 11.3.